The molecule has 0 unspecified atom stereocenters. The van der Waals surface area contributed by atoms with Crippen molar-refractivity contribution in [3.63, 3.8) is 0 Å². The molecule has 0 aliphatic heterocycles. The molecule has 0 heterocycles. The third-order valence-corrected chi connectivity index (χ3v) is 3.90. The Morgan fingerprint density at radius 1 is 1.05 bits per heavy atom. The van der Waals surface area contributed by atoms with E-state index < -0.39 is 0 Å². The molecule has 1 N–H and O–H groups in total. The zero-order valence-corrected chi connectivity index (χ0v) is 12.0. The summed E-state index contributed by atoms with van der Waals surface area (Å²) in [5, 5.41) is 3.41. The van der Waals surface area contributed by atoms with Gasteiger partial charge in [0.15, 0.2) is 0 Å². The molecular formula is C18H21NO. The van der Waals surface area contributed by atoms with Crippen LogP contribution in [-0.4, -0.2) is 13.2 Å². The van der Waals surface area contributed by atoms with Crippen LogP contribution in [0.4, 0.5) is 5.69 Å². The predicted molar refractivity (Wildman–Crippen MR) is 83.6 cm³/mol. The number of anilines is 1. The SMILES string of the molecule is Cc1ccccc1NCCOc1ccc2c(c1)CCC2. The van der Waals surface area contributed by atoms with Crippen molar-refractivity contribution in [2.45, 2.75) is 26.2 Å². The average molecular weight is 267 g/mol. The van der Waals surface area contributed by atoms with Crippen molar-refractivity contribution in [1.29, 1.82) is 0 Å². The van der Waals surface area contributed by atoms with E-state index in [1.54, 1.807) is 0 Å². The van der Waals surface area contributed by atoms with Crippen LogP contribution in [0.2, 0.25) is 0 Å². The van der Waals surface area contributed by atoms with E-state index in [2.05, 4.69) is 54.7 Å². The van der Waals surface area contributed by atoms with Crippen LogP contribution in [0.5, 0.6) is 5.75 Å². The van der Waals surface area contributed by atoms with Crippen LogP contribution in [0, 0.1) is 6.92 Å². The van der Waals surface area contributed by atoms with Crippen LogP contribution in [0.15, 0.2) is 42.5 Å². The molecule has 0 saturated heterocycles. The number of rotatable bonds is 5. The molecule has 2 nitrogen and oxygen atoms in total. The fourth-order valence-electron chi connectivity index (χ4n) is 2.76. The van der Waals surface area contributed by atoms with Gasteiger partial charge in [-0.3, -0.25) is 0 Å². The third kappa shape index (κ3) is 2.96. The third-order valence-electron chi connectivity index (χ3n) is 3.90. The van der Waals surface area contributed by atoms with Crippen LogP contribution in [-0.2, 0) is 12.8 Å². The maximum atomic E-state index is 5.83. The van der Waals surface area contributed by atoms with Gasteiger partial charge >= 0.3 is 0 Å². The largest absolute Gasteiger partial charge is 0.492 e. The molecule has 0 radical (unpaired) electrons. The molecule has 0 fully saturated rings. The highest BCUT2D eigenvalue weighted by Gasteiger charge is 2.10. The molecule has 0 spiro atoms. The van der Waals surface area contributed by atoms with Gasteiger partial charge in [-0.25, -0.2) is 0 Å². The van der Waals surface area contributed by atoms with Crippen molar-refractivity contribution < 1.29 is 4.74 Å². The Hall–Kier alpha value is -1.96. The van der Waals surface area contributed by atoms with Gasteiger partial charge in [0.1, 0.15) is 12.4 Å². The van der Waals surface area contributed by atoms with Crippen molar-refractivity contribution in [2.75, 3.05) is 18.5 Å². The normalized spacial score (nSPS) is 13.1. The summed E-state index contributed by atoms with van der Waals surface area (Å²) in [5.74, 6) is 0.997. The van der Waals surface area contributed by atoms with Gasteiger partial charge in [-0.15, -0.1) is 0 Å². The molecule has 0 saturated carbocycles. The molecule has 0 atom stereocenters. The number of hydrogen-bond donors (Lipinski definition) is 1. The number of ether oxygens (including phenoxy) is 1. The molecule has 3 rings (SSSR count). The minimum atomic E-state index is 0.688. The van der Waals surface area contributed by atoms with Gasteiger partial charge in [0.05, 0.1) is 0 Å². The molecule has 2 aromatic rings. The maximum absolute atomic E-state index is 5.83. The van der Waals surface area contributed by atoms with Gasteiger partial charge in [0.25, 0.3) is 0 Å². The summed E-state index contributed by atoms with van der Waals surface area (Å²) in [6, 6.07) is 14.8. The zero-order chi connectivity index (χ0) is 13.8. The summed E-state index contributed by atoms with van der Waals surface area (Å²) in [5.41, 5.74) is 5.42. The summed E-state index contributed by atoms with van der Waals surface area (Å²) in [6.45, 7) is 3.62. The topological polar surface area (TPSA) is 21.3 Å². The Morgan fingerprint density at radius 3 is 2.80 bits per heavy atom. The minimum absolute atomic E-state index is 0.688. The zero-order valence-electron chi connectivity index (χ0n) is 12.0. The van der Waals surface area contributed by atoms with Crippen LogP contribution in [0.1, 0.15) is 23.1 Å². The first-order valence-electron chi connectivity index (χ1n) is 7.37. The Morgan fingerprint density at radius 2 is 1.90 bits per heavy atom. The summed E-state index contributed by atoms with van der Waals surface area (Å²) in [4.78, 5) is 0. The summed E-state index contributed by atoms with van der Waals surface area (Å²) in [6.07, 6.45) is 3.71. The lowest BCUT2D eigenvalue weighted by atomic mass is 10.1. The number of aryl methyl sites for hydroxylation is 3. The van der Waals surface area contributed by atoms with Gasteiger partial charge < -0.3 is 10.1 Å². The van der Waals surface area contributed by atoms with E-state index >= 15 is 0 Å². The van der Waals surface area contributed by atoms with Crippen LogP contribution in [0.3, 0.4) is 0 Å². The highest BCUT2D eigenvalue weighted by atomic mass is 16.5. The average Bonchev–Trinajstić information content (AvgIpc) is 2.93. The van der Waals surface area contributed by atoms with E-state index in [0.717, 1.165) is 12.3 Å². The lowest BCUT2D eigenvalue weighted by molar-refractivity contribution is 0.332. The minimum Gasteiger partial charge on any atom is -0.492 e. The fraction of sp³-hybridized carbons (Fsp3) is 0.333. The number of nitrogens with one attached hydrogen (secondary N) is 1. The van der Waals surface area contributed by atoms with Crippen LogP contribution >= 0.6 is 0 Å². The van der Waals surface area contributed by atoms with Gasteiger partial charge in [-0.05, 0) is 61.1 Å². The van der Waals surface area contributed by atoms with Gasteiger partial charge in [0.2, 0.25) is 0 Å². The van der Waals surface area contributed by atoms with E-state index in [-0.39, 0.29) is 0 Å². The van der Waals surface area contributed by atoms with Gasteiger partial charge in [0, 0.05) is 12.2 Å². The molecule has 20 heavy (non-hydrogen) atoms. The molecule has 0 aromatic heterocycles. The monoisotopic (exact) mass is 267 g/mol. The number of hydrogen-bond acceptors (Lipinski definition) is 2. The molecule has 1 aliphatic rings. The molecular weight excluding hydrogens is 246 g/mol. The number of benzene rings is 2. The van der Waals surface area contributed by atoms with Crippen molar-refractivity contribution in [2.24, 2.45) is 0 Å². The van der Waals surface area contributed by atoms with Crippen LogP contribution < -0.4 is 10.1 Å². The first kappa shape index (κ1) is 13.0. The highest BCUT2D eigenvalue weighted by molar-refractivity contribution is 5.50. The lowest BCUT2D eigenvalue weighted by Gasteiger charge is -2.11. The van der Waals surface area contributed by atoms with E-state index in [4.69, 9.17) is 4.74 Å². The quantitative estimate of drug-likeness (QED) is 0.827. The predicted octanol–water partition coefficient (Wildman–Crippen LogP) is 3.97. The first-order chi connectivity index (χ1) is 9.83. The van der Waals surface area contributed by atoms with E-state index in [1.165, 1.54) is 41.6 Å². The molecule has 0 amide bonds. The second-order valence-corrected chi connectivity index (χ2v) is 5.37. The number of fused-ring (bicyclic) bond motifs is 1. The summed E-state index contributed by atoms with van der Waals surface area (Å²) in [7, 11) is 0. The summed E-state index contributed by atoms with van der Waals surface area (Å²) < 4.78 is 5.83. The molecule has 2 heteroatoms. The Labute approximate surface area is 120 Å². The fourth-order valence-corrected chi connectivity index (χ4v) is 2.76. The van der Waals surface area contributed by atoms with Crippen LogP contribution in [0.25, 0.3) is 0 Å². The van der Waals surface area contributed by atoms with Crippen molar-refractivity contribution in [1.82, 2.24) is 0 Å². The molecule has 0 bridgehead atoms. The smallest absolute Gasteiger partial charge is 0.119 e. The van der Waals surface area contributed by atoms with E-state index in [9.17, 15) is 0 Å². The highest BCUT2D eigenvalue weighted by Crippen LogP contribution is 2.25. The maximum Gasteiger partial charge on any atom is 0.119 e. The lowest BCUT2D eigenvalue weighted by Crippen LogP contribution is -2.12. The number of para-hydroxylation sites is 1. The van der Waals surface area contributed by atoms with E-state index in [1.807, 2.05) is 0 Å². The van der Waals surface area contributed by atoms with Crippen molar-refractivity contribution >= 4 is 5.69 Å². The van der Waals surface area contributed by atoms with Gasteiger partial charge in [-0.1, -0.05) is 24.3 Å². The summed E-state index contributed by atoms with van der Waals surface area (Å²) >= 11 is 0. The van der Waals surface area contributed by atoms with Crippen molar-refractivity contribution in [3.8, 4) is 5.75 Å². The first-order valence-corrected chi connectivity index (χ1v) is 7.37. The van der Waals surface area contributed by atoms with Crippen molar-refractivity contribution in [3.05, 3.63) is 59.2 Å². The van der Waals surface area contributed by atoms with E-state index in [0.29, 0.717) is 6.61 Å². The van der Waals surface area contributed by atoms with Gasteiger partial charge in [-0.2, -0.15) is 0 Å². The molecule has 1 aliphatic carbocycles. The Balaban J connectivity index is 1.49. The Kier molecular flexibility index (Phi) is 3.91. The second-order valence-electron chi connectivity index (χ2n) is 5.37. The standard InChI is InChI=1S/C18H21NO/c1-14-5-2-3-8-18(14)19-11-12-20-17-10-9-15-6-4-7-16(15)13-17/h2-3,5,8-10,13,19H,4,6-7,11-12H2,1H3. The molecule has 104 valence electrons. The Bertz CT molecular complexity index is 592. The second kappa shape index (κ2) is 6.00. The molecule has 2 aromatic carbocycles.